The first-order valence-electron chi connectivity index (χ1n) is 5.88. The van der Waals surface area contributed by atoms with Crippen molar-refractivity contribution >= 4 is 29.6 Å². The van der Waals surface area contributed by atoms with Gasteiger partial charge in [-0.3, -0.25) is 9.48 Å². The van der Waals surface area contributed by atoms with Gasteiger partial charge in [-0.05, 0) is 13.0 Å². The third-order valence-corrected chi connectivity index (χ3v) is 3.08. The first-order chi connectivity index (χ1) is 9.36. The number of aryl methyl sites for hydroxylation is 2. The summed E-state index contributed by atoms with van der Waals surface area (Å²) in [6.07, 6.45) is 2.60. The van der Waals surface area contributed by atoms with E-state index in [4.69, 9.17) is 21.8 Å². The predicted octanol–water partition coefficient (Wildman–Crippen LogP) is 0.347. The van der Waals surface area contributed by atoms with E-state index in [1.54, 1.807) is 14.0 Å². The fraction of sp³-hybridized carbons (Fsp3) is 0.417. The number of aliphatic carboxylic acids is 1. The number of nitrogens with one attached hydrogen (secondary N) is 1. The summed E-state index contributed by atoms with van der Waals surface area (Å²) in [5, 5.41) is 24.3. The molecule has 20 heavy (non-hydrogen) atoms. The van der Waals surface area contributed by atoms with E-state index in [0.29, 0.717) is 16.4 Å². The monoisotopic (exact) mass is 301 g/mol. The Morgan fingerprint density at radius 1 is 1.55 bits per heavy atom. The van der Waals surface area contributed by atoms with E-state index in [1.807, 2.05) is 0 Å². The Hall–Kier alpha value is -1.86. The van der Waals surface area contributed by atoms with Gasteiger partial charge in [-0.25, -0.2) is 4.79 Å². The topological polar surface area (TPSA) is 104 Å². The molecule has 0 aliphatic heterocycles. The standard InChI is InChI=1S/C12H16ClN3O4/c1-7-8(11(13)16(2)15-7)3-4-10(18)14-9(5-6-17)12(19)20/h3-4,9,17H,5-6H2,1-2H3,(H,14,18)(H,19,20)/b4-3+/t9-/m0/s1. The van der Waals surface area contributed by atoms with Crippen LogP contribution < -0.4 is 5.32 Å². The number of aromatic nitrogens is 2. The van der Waals surface area contributed by atoms with Gasteiger partial charge in [0.15, 0.2) is 0 Å². The second-order valence-electron chi connectivity index (χ2n) is 4.16. The molecule has 0 fully saturated rings. The van der Waals surface area contributed by atoms with Crippen molar-refractivity contribution in [3.63, 3.8) is 0 Å². The fourth-order valence-corrected chi connectivity index (χ4v) is 1.84. The smallest absolute Gasteiger partial charge is 0.326 e. The highest BCUT2D eigenvalue weighted by atomic mass is 35.5. The molecule has 0 aliphatic carbocycles. The van der Waals surface area contributed by atoms with Crippen LogP contribution in [-0.2, 0) is 16.6 Å². The van der Waals surface area contributed by atoms with Gasteiger partial charge in [0.05, 0.1) is 5.69 Å². The molecule has 1 aromatic heterocycles. The lowest BCUT2D eigenvalue weighted by atomic mass is 10.2. The van der Waals surface area contributed by atoms with Crippen LogP contribution in [0.25, 0.3) is 6.08 Å². The highest BCUT2D eigenvalue weighted by Crippen LogP contribution is 2.19. The molecule has 8 heteroatoms. The van der Waals surface area contributed by atoms with Crippen LogP contribution in [0.1, 0.15) is 17.7 Å². The molecule has 0 saturated heterocycles. The molecule has 3 N–H and O–H groups in total. The number of amides is 1. The lowest BCUT2D eigenvalue weighted by Gasteiger charge is -2.11. The Bertz CT molecular complexity index is 539. The van der Waals surface area contributed by atoms with Crippen molar-refractivity contribution in [1.29, 1.82) is 0 Å². The van der Waals surface area contributed by atoms with Crippen LogP contribution in [0, 0.1) is 6.92 Å². The number of halogens is 1. The van der Waals surface area contributed by atoms with Crippen LogP contribution in [0.15, 0.2) is 6.08 Å². The molecule has 0 aliphatic rings. The minimum Gasteiger partial charge on any atom is -0.480 e. The van der Waals surface area contributed by atoms with E-state index in [1.165, 1.54) is 16.8 Å². The maximum Gasteiger partial charge on any atom is 0.326 e. The van der Waals surface area contributed by atoms with Crippen LogP contribution in [-0.4, -0.2) is 44.5 Å². The number of nitrogens with zero attached hydrogens (tertiary/aromatic N) is 2. The Kier molecular flexibility index (Phi) is 5.72. The summed E-state index contributed by atoms with van der Waals surface area (Å²) in [6, 6.07) is -1.12. The number of hydrogen-bond donors (Lipinski definition) is 3. The van der Waals surface area contributed by atoms with Crippen LogP contribution in [0.4, 0.5) is 0 Å². The Balaban J connectivity index is 2.74. The molecule has 0 bridgehead atoms. The SMILES string of the molecule is Cc1nn(C)c(Cl)c1/C=C/C(=O)N[C@@H](CCO)C(=O)O. The molecule has 7 nitrogen and oxygen atoms in total. The molecule has 0 radical (unpaired) electrons. The molecule has 1 aromatic rings. The summed E-state index contributed by atoms with van der Waals surface area (Å²) in [5.41, 5.74) is 1.25. The second kappa shape index (κ2) is 7.06. The van der Waals surface area contributed by atoms with Crippen molar-refractivity contribution < 1.29 is 19.8 Å². The van der Waals surface area contributed by atoms with Crippen molar-refractivity contribution in [1.82, 2.24) is 15.1 Å². The number of rotatable bonds is 6. The summed E-state index contributed by atoms with van der Waals surface area (Å²) in [7, 11) is 1.68. The fourth-order valence-electron chi connectivity index (χ4n) is 1.60. The Morgan fingerprint density at radius 2 is 2.20 bits per heavy atom. The third kappa shape index (κ3) is 4.07. The van der Waals surface area contributed by atoms with Gasteiger partial charge in [0.2, 0.25) is 5.91 Å². The average Bonchev–Trinajstić information content (AvgIpc) is 2.60. The van der Waals surface area contributed by atoms with E-state index in [-0.39, 0.29) is 13.0 Å². The van der Waals surface area contributed by atoms with E-state index in [2.05, 4.69) is 10.4 Å². The quantitative estimate of drug-likeness (QED) is 0.658. The zero-order valence-corrected chi connectivity index (χ0v) is 11.9. The molecule has 0 aromatic carbocycles. The number of hydrogen-bond acceptors (Lipinski definition) is 4. The van der Waals surface area contributed by atoms with Gasteiger partial charge in [0, 0.05) is 31.7 Å². The zero-order chi connectivity index (χ0) is 15.3. The third-order valence-electron chi connectivity index (χ3n) is 2.63. The number of aliphatic hydroxyl groups excluding tert-OH is 1. The number of carboxylic acids is 1. The highest BCUT2D eigenvalue weighted by Gasteiger charge is 2.18. The lowest BCUT2D eigenvalue weighted by Crippen LogP contribution is -2.40. The maximum absolute atomic E-state index is 11.6. The minimum absolute atomic E-state index is 0.0540. The summed E-state index contributed by atoms with van der Waals surface area (Å²) < 4.78 is 1.47. The molecule has 1 heterocycles. The summed E-state index contributed by atoms with van der Waals surface area (Å²) in [4.78, 5) is 22.4. The first-order valence-corrected chi connectivity index (χ1v) is 6.26. The normalized spacial score (nSPS) is 12.6. The molecule has 1 amide bonds. The number of aliphatic hydroxyl groups is 1. The van der Waals surface area contributed by atoms with E-state index < -0.39 is 17.9 Å². The summed E-state index contributed by atoms with van der Waals surface area (Å²) in [5.74, 6) is -1.78. The molecule has 0 spiro atoms. The van der Waals surface area contributed by atoms with Crippen LogP contribution >= 0.6 is 11.6 Å². The minimum atomic E-state index is -1.20. The average molecular weight is 302 g/mol. The number of carbonyl (C=O) groups excluding carboxylic acids is 1. The zero-order valence-electron chi connectivity index (χ0n) is 11.1. The van der Waals surface area contributed by atoms with Gasteiger partial charge in [-0.2, -0.15) is 5.10 Å². The van der Waals surface area contributed by atoms with E-state index in [0.717, 1.165) is 0 Å². The molecule has 1 rings (SSSR count). The van der Waals surface area contributed by atoms with Crippen molar-refractivity contribution in [2.24, 2.45) is 7.05 Å². The first kappa shape index (κ1) is 16.2. The molecule has 0 unspecified atom stereocenters. The van der Waals surface area contributed by atoms with Crippen LogP contribution in [0.3, 0.4) is 0 Å². The van der Waals surface area contributed by atoms with Gasteiger partial charge < -0.3 is 15.5 Å². The van der Waals surface area contributed by atoms with Crippen molar-refractivity contribution in [3.05, 3.63) is 22.5 Å². The highest BCUT2D eigenvalue weighted by molar-refractivity contribution is 6.31. The largest absolute Gasteiger partial charge is 0.480 e. The molecule has 0 saturated carbocycles. The number of carbonyl (C=O) groups is 2. The Morgan fingerprint density at radius 3 is 2.65 bits per heavy atom. The van der Waals surface area contributed by atoms with Gasteiger partial charge in [-0.1, -0.05) is 11.6 Å². The summed E-state index contributed by atoms with van der Waals surface area (Å²) in [6.45, 7) is 1.42. The molecule has 1 atom stereocenters. The van der Waals surface area contributed by atoms with Crippen molar-refractivity contribution in [2.45, 2.75) is 19.4 Å². The van der Waals surface area contributed by atoms with Crippen LogP contribution in [0.2, 0.25) is 5.15 Å². The number of carboxylic acid groups (broad SMARTS) is 1. The van der Waals surface area contributed by atoms with E-state index in [9.17, 15) is 9.59 Å². The van der Waals surface area contributed by atoms with Gasteiger partial charge in [0.1, 0.15) is 11.2 Å². The second-order valence-corrected chi connectivity index (χ2v) is 4.52. The van der Waals surface area contributed by atoms with Gasteiger partial charge >= 0.3 is 5.97 Å². The molecule has 110 valence electrons. The predicted molar refractivity (Wildman–Crippen MR) is 73.3 cm³/mol. The maximum atomic E-state index is 11.6. The van der Waals surface area contributed by atoms with E-state index >= 15 is 0 Å². The van der Waals surface area contributed by atoms with Gasteiger partial charge in [-0.15, -0.1) is 0 Å². The summed E-state index contributed by atoms with van der Waals surface area (Å²) >= 11 is 5.99. The molecular formula is C12H16ClN3O4. The molecular weight excluding hydrogens is 286 g/mol. The lowest BCUT2D eigenvalue weighted by molar-refractivity contribution is -0.141. The Labute approximate surface area is 120 Å². The van der Waals surface area contributed by atoms with Crippen molar-refractivity contribution in [2.75, 3.05) is 6.61 Å². The van der Waals surface area contributed by atoms with Crippen LogP contribution in [0.5, 0.6) is 0 Å². The van der Waals surface area contributed by atoms with Crippen molar-refractivity contribution in [3.8, 4) is 0 Å². The van der Waals surface area contributed by atoms with Gasteiger partial charge in [0.25, 0.3) is 0 Å².